The van der Waals surface area contributed by atoms with Gasteiger partial charge in [0.1, 0.15) is 6.54 Å². The van der Waals surface area contributed by atoms with Crippen LogP contribution in [0.25, 0.3) is 0 Å². The zero-order chi connectivity index (χ0) is 13.5. The van der Waals surface area contributed by atoms with Gasteiger partial charge in [-0.2, -0.15) is 0 Å². The number of rotatable bonds is 7. The van der Waals surface area contributed by atoms with Gasteiger partial charge in [-0.1, -0.05) is 44.4 Å². The SMILES string of the molecule is CCC(CC)CN(CC(=O)O)c1ccc(C)cc1. The summed E-state index contributed by atoms with van der Waals surface area (Å²) in [6.07, 6.45) is 2.16. The van der Waals surface area contributed by atoms with Crippen molar-refractivity contribution in [2.24, 2.45) is 5.92 Å². The lowest BCUT2D eigenvalue weighted by Gasteiger charge is -2.27. The van der Waals surface area contributed by atoms with Crippen molar-refractivity contribution in [3.8, 4) is 0 Å². The van der Waals surface area contributed by atoms with Gasteiger partial charge in [0.05, 0.1) is 0 Å². The summed E-state index contributed by atoms with van der Waals surface area (Å²) in [6, 6.07) is 8.05. The zero-order valence-electron chi connectivity index (χ0n) is 11.5. The molecule has 0 saturated heterocycles. The number of anilines is 1. The molecule has 0 atom stereocenters. The maximum atomic E-state index is 11.0. The van der Waals surface area contributed by atoms with Gasteiger partial charge in [-0.15, -0.1) is 0 Å². The van der Waals surface area contributed by atoms with Crippen molar-refractivity contribution in [2.45, 2.75) is 33.6 Å². The lowest BCUT2D eigenvalue weighted by molar-refractivity contribution is -0.135. The number of benzene rings is 1. The highest BCUT2D eigenvalue weighted by Gasteiger charge is 2.14. The van der Waals surface area contributed by atoms with Gasteiger partial charge in [-0.25, -0.2) is 0 Å². The minimum atomic E-state index is -0.776. The van der Waals surface area contributed by atoms with E-state index >= 15 is 0 Å². The minimum Gasteiger partial charge on any atom is -0.480 e. The Labute approximate surface area is 109 Å². The van der Waals surface area contributed by atoms with Crippen molar-refractivity contribution >= 4 is 11.7 Å². The fourth-order valence-electron chi connectivity index (χ4n) is 2.04. The summed E-state index contributed by atoms with van der Waals surface area (Å²) in [5.41, 5.74) is 2.19. The molecule has 18 heavy (non-hydrogen) atoms. The van der Waals surface area contributed by atoms with Crippen molar-refractivity contribution in [2.75, 3.05) is 18.0 Å². The van der Waals surface area contributed by atoms with E-state index in [4.69, 9.17) is 5.11 Å². The molecule has 1 aromatic carbocycles. The molecule has 1 rings (SSSR count). The van der Waals surface area contributed by atoms with Crippen molar-refractivity contribution in [3.63, 3.8) is 0 Å². The second-order valence-corrected chi connectivity index (χ2v) is 4.79. The number of carbonyl (C=O) groups is 1. The molecule has 0 saturated carbocycles. The lowest BCUT2D eigenvalue weighted by Crippen LogP contribution is -2.34. The molecule has 0 unspecified atom stereocenters. The number of aliphatic carboxylic acids is 1. The van der Waals surface area contributed by atoms with Crippen molar-refractivity contribution < 1.29 is 9.90 Å². The molecule has 3 nitrogen and oxygen atoms in total. The topological polar surface area (TPSA) is 40.5 Å². The van der Waals surface area contributed by atoms with E-state index in [1.165, 1.54) is 5.56 Å². The molecule has 1 aromatic rings. The second-order valence-electron chi connectivity index (χ2n) is 4.79. The Morgan fingerprint density at radius 1 is 1.22 bits per heavy atom. The van der Waals surface area contributed by atoms with E-state index in [2.05, 4.69) is 13.8 Å². The third-order valence-electron chi connectivity index (χ3n) is 3.36. The third-order valence-corrected chi connectivity index (χ3v) is 3.36. The largest absolute Gasteiger partial charge is 0.480 e. The molecule has 0 spiro atoms. The van der Waals surface area contributed by atoms with Crippen molar-refractivity contribution in [1.82, 2.24) is 0 Å². The van der Waals surface area contributed by atoms with Gasteiger partial charge < -0.3 is 10.0 Å². The van der Waals surface area contributed by atoms with Crippen LogP contribution < -0.4 is 4.90 Å². The van der Waals surface area contributed by atoms with Crippen LogP contribution in [0.1, 0.15) is 32.3 Å². The van der Waals surface area contributed by atoms with Crippen LogP contribution in [0, 0.1) is 12.8 Å². The predicted octanol–water partition coefficient (Wildman–Crippen LogP) is 3.32. The van der Waals surface area contributed by atoms with E-state index in [-0.39, 0.29) is 6.54 Å². The van der Waals surface area contributed by atoms with Gasteiger partial charge in [0.2, 0.25) is 0 Å². The van der Waals surface area contributed by atoms with Gasteiger partial charge in [0, 0.05) is 12.2 Å². The average Bonchev–Trinajstić information content (AvgIpc) is 2.35. The van der Waals surface area contributed by atoms with E-state index < -0.39 is 5.97 Å². The van der Waals surface area contributed by atoms with Gasteiger partial charge in [-0.3, -0.25) is 4.79 Å². The average molecular weight is 249 g/mol. The smallest absolute Gasteiger partial charge is 0.323 e. The first kappa shape index (κ1) is 14.6. The summed E-state index contributed by atoms with van der Waals surface area (Å²) in [7, 11) is 0. The molecule has 0 aliphatic heterocycles. The number of hydrogen-bond acceptors (Lipinski definition) is 2. The molecule has 3 heteroatoms. The molecule has 0 fully saturated rings. The van der Waals surface area contributed by atoms with Gasteiger partial charge in [0.15, 0.2) is 0 Å². The molecule has 0 amide bonds. The lowest BCUT2D eigenvalue weighted by atomic mass is 10.0. The Hall–Kier alpha value is -1.51. The Bertz CT molecular complexity index is 369. The molecule has 0 aliphatic carbocycles. The highest BCUT2D eigenvalue weighted by molar-refractivity contribution is 5.73. The van der Waals surface area contributed by atoms with Crippen LogP contribution in [-0.4, -0.2) is 24.2 Å². The summed E-state index contributed by atoms with van der Waals surface area (Å²) in [5, 5.41) is 9.02. The molecule has 0 aromatic heterocycles. The number of carboxylic acids is 1. The summed E-state index contributed by atoms with van der Waals surface area (Å²) < 4.78 is 0. The maximum Gasteiger partial charge on any atom is 0.323 e. The minimum absolute atomic E-state index is 0.0690. The Morgan fingerprint density at radius 3 is 2.22 bits per heavy atom. The normalized spacial score (nSPS) is 10.7. The van der Waals surface area contributed by atoms with E-state index in [0.29, 0.717) is 5.92 Å². The summed E-state index contributed by atoms with van der Waals surface area (Å²) in [4.78, 5) is 12.9. The number of carboxylic acid groups (broad SMARTS) is 1. The van der Waals surface area contributed by atoms with Crippen LogP contribution in [0.4, 0.5) is 5.69 Å². The zero-order valence-corrected chi connectivity index (χ0v) is 11.5. The maximum absolute atomic E-state index is 11.0. The van der Waals surface area contributed by atoms with E-state index in [1.54, 1.807) is 0 Å². The molecule has 1 N–H and O–H groups in total. The fraction of sp³-hybridized carbons (Fsp3) is 0.533. The highest BCUT2D eigenvalue weighted by Crippen LogP contribution is 2.19. The highest BCUT2D eigenvalue weighted by atomic mass is 16.4. The quantitative estimate of drug-likeness (QED) is 0.806. The molecular formula is C15H23NO2. The standard InChI is InChI=1S/C15H23NO2/c1-4-13(5-2)10-16(11-15(17)18)14-8-6-12(3)7-9-14/h6-9,13H,4-5,10-11H2,1-3H3,(H,17,18). The number of nitrogens with zero attached hydrogens (tertiary/aromatic N) is 1. The van der Waals surface area contributed by atoms with Gasteiger partial charge in [0.25, 0.3) is 0 Å². The van der Waals surface area contributed by atoms with E-state index in [9.17, 15) is 4.79 Å². The summed E-state index contributed by atoms with van der Waals surface area (Å²) in [5.74, 6) is -0.229. The summed E-state index contributed by atoms with van der Waals surface area (Å²) in [6.45, 7) is 7.22. The van der Waals surface area contributed by atoms with Crippen LogP contribution in [-0.2, 0) is 4.79 Å². The van der Waals surface area contributed by atoms with E-state index in [1.807, 2.05) is 36.1 Å². The Kier molecular flexibility index (Phi) is 5.69. The molecular weight excluding hydrogens is 226 g/mol. The molecule has 0 radical (unpaired) electrons. The fourth-order valence-corrected chi connectivity index (χ4v) is 2.04. The van der Waals surface area contributed by atoms with Gasteiger partial charge >= 0.3 is 5.97 Å². The predicted molar refractivity (Wildman–Crippen MR) is 75.1 cm³/mol. The molecule has 0 heterocycles. The molecule has 0 bridgehead atoms. The first-order chi connectivity index (χ1) is 8.56. The monoisotopic (exact) mass is 249 g/mol. The Morgan fingerprint density at radius 2 is 1.78 bits per heavy atom. The summed E-state index contributed by atoms with van der Waals surface area (Å²) >= 11 is 0. The van der Waals surface area contributed by atoms with Crippen LogP contribution in [0.3, 0.4) is 0 Å². The third kappa shape index (κ3) is 4.40. The van der Waals surface area contributed by atoms with Gasteiger partial charge in [-0.05, 0) is 25.0 Å². The van der Waals surface area contributed by atoms with E-state index in [0.717, 1.165) is 25.1 Å². The number of hydrogen-bond donors (Lipinski definition) is 1. The Balaban J connectivity index is 2.83. The molecule has 100 valence electrons. The second kappa shape index (κ2) is 7.04. The van der Waals surface area contributed by atoms with Crippen molar-refractivity contribution in [3.05, 3.63) is 29.8 Å². The van der Waals surface area contributed by atoms with Crippen LogP contribution in [0.2, 0.25) is 0 Å². The first-order valence-electron chi connectivity index (χ1n) is 6.60. The number of aryl methyl sites for hydroxylation is 1. The van der Waals surface area contributed by atoms with Crippen LogP contribution in [0.15, 0.2) is 24.3 Å². The first-order valence-corrected chi connectivity index (χ1v) is 6.60. The van der Waals surface area contributed by atoms with Crippen LogP contribution in [0.5, 0.6) is 0 Å². The van der Waals surface area contributed by atoms with Crippen molar-refractivity contribution in [1.29, 1.82) is 0 Å². The molecule has 0 aliphatic rings. The van der Waals surface area contributed by atoms with Crippen LogP contribution >= 0.6 is 0 Å².